The average molecular weight is 338 g/mol. The van der Waals surface area contributed by atoms with Crippen molar-refractivity contribution in [2.45, 2.75) is 46.6 Å². The van der Waals surface area contributed by atoms with E-state index in [2.05, 4.69) is 54.1 Å². The van der Waals surface area contributed by atoms with Gasteiger partial charge in [-0.2, -0.15) is 5.10 Å². The highest BCUT2D eigenvalue weighted by Gasteiger charge is 2.22. The Hall–Kier alpha value is -2.50. The van der Waals surface area contributed by atoms with Crippen LogP contribution in [0, 0.1) is 5.41 Å². The molecule has 3 aromatic rings. The number of pyridine rings is 1. The quantitative estimate of drug-likeness (QED) is 0.764. The minimum absolute atomic E-state index is 0.122. The maximum atomic E-state index is 4.73. The maximum absolute atomic E-state index is 4.73. The highest BCUT2D eigenvalue weighted by molar-refractivity contribution is 5.86. The summed E-state index contributed by atoms with van der Waals surface area (Å²) in [7, 11) is 1.91. The molecule has 3 heterocycles. The van der Waals surface area contributed by atoms with Crippen molar-refractivity contribution in [3.8, 4) is 0 Å². The van der Waals surface area contributed by atoms with Crippen LogP contribution in [0.2, 0.25) is 0 Å². The number of aromatic nitrogens is 5. The first-order valence-electron chi connectivity index (χ1n) is 8.72. The maximum Gasteiger partial charge on any atom is 0.163 e. The van der Waals surface area contributed by atoms with Gasteiger partial charge in [-0.15, -0.1) is 0 Å². The Morgan fingerprint density at radius 1 is 1.20 bits per heavy atom. The van der Waals surface area contributed by atoms with Gasteiger partial charge in [-0.3, -0.25) is 9.67 Å². The first-order chi connectivity index (χ1) is 11.9. The molecule has 1 N–H and O–H groups in total. The first-order valence-corrected chi connectivity index (χ1v) is 8.72. The lowest BCUT2D eigenvalue weighted by molar-refractivity contribution is 0.352. The number of hydrogen-bond acceptors (Lipinski definition) is 5. The second-order valence-corrected chi connectivity index (χ2v) is 7.60. The Balaban J connectivity index is 2.03. The van der Waals surface area contributed by atoms with Crippen LogP contribution in [0.1, 0.15) is 51.5 Å². The number of anilines is 1. The summed E-state index contributed by atoms with van der Waals surface area (Å²) < 4.78 is 1.80. The second-order valence-electron chi connectivity index (χ2n) is 7.60. The Labute approximate surface area is 148 Å². The van der Waals surface area contributed by atoms with Crippen LogP contribution in [0.3, 0.4) is 0 Å². The standard InChI is InChI=1S/C19H26N6/c1-6-16-23-17(14-12-21-25(5)18(14)24-16)22-15(10-19(2,3)4)13-8-7-9-20-11-13/h7-9,11-12,15H,6,10H2,1-5H3,(H,22,23,24). The third-order valence-electron chi connectivity index (χ3n) is 4.17. The molecule has 25 heavy (non-hydrogen) atoms. The summed E-state index contributed by atoms with van der Waals surface area (Å²) in [6.07, 6.45) is 7.30. The van der Waals surface area contributed by atoms with Gasteiger partial charge in [-0.05, 0) is 23.5 Å². The van der Waals surface area contributed by atoms with Crippen LogP contribution in [0.15, 0.2) is 30.7 Å². The van der Waals surface area contributed by atoms with Gasteiger partial charge in [0.15, 0.2) is 5.65 Å². The van der Waals surface area contributed by atoms with Crippen molar-refractivity contribution in [3.05, 3.63) is 42.1 Å². The predicted molar refractivity (Wildman–Crippen MR) is 100 cm³/mol. The number of nitrogens with one attached hydrogen (secondary N) is 1. The van der Waals surface area contributed by atoms with E-state index in [1.54, 1.807) is 10.9 Å². The molecule has 0 spiro atoms. The summed E-state index contributed by atoms with van der Waals surface area (Å²) in [6.45, 7) is 8.80. The van der Waals surface area contributed by atoms with E-state index in [4.69, 9.17) is 4.98 Å². The second kappa shape index (κ2) is 6.78. The lowest BCUT2D eigenvalue weighted by atomic mass is 9.86. The molecule has 3 rings (SSSR count). The third kappa shape index (κ3) is 3.95. The molecule has 6 nitrogen and oxygen atoms in total. The molecular weight excluding hydrogens is 312 g/mol. The van der Waals surface area contributed by atoms with Crippen LogP contribution >= 0.6 is 0 Å². The summed E-state index contributed by atoms with van der Waals surface area (Å²) in [5, 5.41) is 8.93. The smallest absolute Gasteiger partial charge is 0.163 e. The Bertz CT molecular complexity index is 847. The van der Waals surface area contributed by atoms with Crippen LogP contribution < -0.4 is 5.32 Å². The topological polar surface area (TPSA) is 68.5 Å². The van der Waals surface area contributed by atoms with Crippen molar-refractivity contribution >= 4 is 16.9 Å². The van der Waals surface area contributed by atoms with Gasteiger partial charge >= 0.3 is 0 Å². The van der Waals surface area contributed by atoms with Gasteiger partial charge in [-0.25, -0.2) is 9.97 Å². The van der Waals surface area contributed by atoms with Crippen LogP contribution in [-0.2, 0) is 13.5 Å². The number of fused-ring (bicyclic) bond motifs is 1. The van der Waals surface area contributed by atoms with E-state index in [1.807, 2.05) is 25.5 Å². The molecule has 6 heteroatoms. The van der Waals surface area contributed by atoms with E-state index in [0.717, 1.165) is 41.1 Å². The van der Waals surface area contributed by atoms with Gasteiger partial charge in [0.05, 0.1) is 17.6 Å². The molecule has 0 aliphatic heterocycles. The largest absolute Gasteiger partial charge is 0.362 e. The summed E-state index contributed by atoms with van der Waals surface area (Å²) in [5.74, 6) is 1.66. The molecule has 0 aliphatic rings. The number of rotatable bonds is 5. The van der Waals surface area contributed by atoms with Crippen LogP contribution in [0.4, 0.5) is 5.82 Å². The Morgan fingerprint density at radius 3 is 2.64 bits per heavy atom. The molecule has 0 saturated carbocycles. The first kappa shape index (κ1) is 17.3. The SMILES string of the molecule is CCc1nc(NC(CC(C)(C)C)c2cccnc2)c2cnn(C)c2n1. The molecule has 0 fully saturated rings. The molecule has 0 amide bonds. The van der Waals surface area contributed by atoms with Gasteiger partial charge in [-0.1, -0.05) is 33.8 Å². The van der Waals surface area contributed by atoms with Crippen LogP contribution in [0.5, 0.6) is 0 Å². The molecule has 0 aliphatic carbocycles. The molecule has 1 unspecified atom stereocenters. The number of nitrogens with zero attached hydrogens (tertiary/aromatic N) is 5. The zero-order valence-corrected chi connectivity index (χ0v) is 15.6. The predicted octanol–water partition coefficient (Wildman–Crippen LogP) is 3.91. The zero-order valence-electron chi connectivity index (χ0n) is 15.6. The van der Waals surface area contributed by atoms with Crippen molar-refractivity contribution in [3.63, 3.8) is 0 Å². The summed E-state index contributed by atoms with van der Waals surface area (Å²) >= 11 is 0. The molecule has 0 bridgehead atoms. The van der Waals surface area contributed by atoms with Crippen molar-refractivity contribution in [2.75, 3.05) is 5.32 Å². The van der Waals surface area contributed by atoms with Gasteiger partial charge in [0.25, 0.3) is 0 Å². The van der Waals surface area contributed by atoms with Crippen molar-refractivity contribution in [1.29, 1.82) is 0 Å². The fraction of sp³-hybridized carbons (Fsp3) is 0.474. The van der Waals surface area contributed by atoms with Crippen molar-refractivity contribution < 1.29 is 0 Å². The fourth-order valence-corrected chi connectivity index (χ4v) is 2.95. The van der Waals surface area contributed by atoms with E-state index in [-0.39, 0.29) is 11.5 Å². The minimum atomic E-state index is 0.122. The summed E-state index contributed by atoms with van der Waals surface area (Å²) in [4.78, 5) is 13.6. The summed E-state index contributed by atoms with van der Waals surface area (Å²) in [5.41, 5.74) is 2.18. The molecule has 0 radical (unpaired) electrons. The van der Waals surface area contributed by atoms with E-state index >= 15 is 0 Å². The minimum Gasteiger partial charge on any atom is -0.362 e. The van der Waals surface area contributed by atoms with Crippen LogP contribution in [0.25, 0.3) is 11.0 Å². The molecule has 0 saturated heterocycles. The average Bonchev–Trinajstić information content (AvgIpc) is 2.95. The molecule has 0 aromatic carbocycles. The normalized spacial score (nSPS) is 13.2. The molecule has 1 atom stereocenters. The molecular formula is C19H26N6. The third-order valence-corrected chi connectivity index (χ3v) is 4.17. The van der Waals surface area contributed by atoms with Gasteiger partial charge in [0.2, 0.25) is 0 Å². The van der Waals surface area contributed by atoms with Crippen LogP contribution in [-0.4, -0.2) is 24.7 Å². The fourth-order valence-electron chi connectivity index (χ4n) is 2.95. The van der Waals surface area contributed by atoms with Gasteiger partial charge in [0.1, 0.15) is 11.6 Å². The highest BCUT2D eigenvalue weighted by Crippen LogP contribution is 2.33. The molecule has 132 valence electrons. The van der Waals surface area contributed by atoms with Gasteiger partial charge in [0, 0.05) is 25.9 Å². The number of aryl methyl sites for hydroxylation is 2. The van der Waals surface area contributed by atoms with E-state index in [1.165, 1.54) is 0 Å². The zero-order chi connectivity index (χ0) is 18.0. The Morgan fingerprint density at radius 2 is 2.00 bits per heavy atom. The van der Waals surface area contributed by atoms with Crippen molar-refractivity contribution in [2.24, 2.45) is 12.5 Å². The highest BCUT2D eigenvalue weighted by atomic mass is 15.3. The van der Waals surface area contributed by atoms with E-state index in [0.29, 0.717) is 0 Å². The lowest BCUT2D eigenvalue weighted by Gasteiger charge is -2.27. The monoisotopic (exact) mass is 338 g/mol. The molecule has 3 aromatic heterocycles. The number of hydrogen-bond donors (Lipinski definition) is 1. The van der Waals surface area contributed by atoms with E-state index in [9.17, 15) is 0 Å². The lowest BCUT2D eigenvalue weighted by Crippen LogP contribution is -2.20. The Kier molecular flexibility index (Phi) is 4.70. The summed E-state index contributed by atoms with van der Waals surface area (Å²) in [6, 6.07) is 4.21. The van der Waals surface area contributed by atoms with Gasteiger partial charge < -0.3 is 5.32 Å². The van der Waals surface area contributed by atoms with Crippen molar-refractivity contribution in [1.82, 2.24) is 24.7 Å². The van der Waals surface area contributed by atoms with E-state index < -0.39 is 0 Å².